The highest BCUT2D eigenvalue weighted by Crippen LogP contribution is 2.59. The lowest BCUT2D eigenvalue weighted by Crippen LogP contribution is -2.46. The molecule has 3 N–H and O–H groups in total. The Bertz CT molecular complexity index is 1450. The standard InChI is InChI=1S/C26H29F5N6O3/c1-12-17(13-5-6-14(27)18(28)21(13)39-4)22(40-25(12,2)26(29,30)31)24-33-15-11-16(37-9-7-36(3)8-10-37)34-20(23(32)38)19(15)35-24/h5-6,11-12,17,22H,7-10H2,1-4H3,(H2,32,38)(H,33,35)/t12-,17-,22+,25+/m0/s1. The SMILES string of the molecule is COc1c([C@H]2[C@H](c3nc4c(C(N)=O)nc(N5CCN(C)CC5)cc4[nH]3)O[C@@](C)(C(F)(F)F)[C@H]2C)ccc(F)c1F. The third-order valence-electron chi connectivity index (χ3n) is 8.12. The molecule has 40 heavy (non-hydrogen) atoms. The molecular weight excluding hydrogens is 539 g/mol. The smallest absolute Gasteiger partial charge is 0.417 e. The maximum Gasteiger partial charge on any atom is 0.417 e. The third-order valence-corrected chi connectivity index (χ3v) is 8.12. The lowest BCUT2D eigenvalue weighted by Gasteiger charge is -2.33. The molecule has 0 saturated carbocycles. The van der Waals surface area contributed by atoms with Gasteiger partial charge in [-0.1, -0.05) is 13.0 Å². The highest BCUT2D eigenvalue weighted by molar-refractivity contribution is 6.03. The lowest BCUT2D eigenvalue weighted by molar-refractivity contribution is -0.275. The number of piperazine rings is 1. The van der Waals surface area contributed by atoms with E-state index in [1.54, 1.807) is 6.07 Å². The first-order valence-electron chi connectivity index (χ1n) is 12.7. The Hall–Kier alpha value is -3.52. The molecule has 0 spiro atoms. The minimum absolute atomic E-state index is 0.0151. The van der Waals surface area contributed by atoms with Crippen LogP contribution in [0.5, 0.6) is 5.75 Å². The van der Waals surface area contributed by atoms with Crippen molar-refractivity contribution in [2.45, 2.75) is 37.6 Å². The van der Waals surface area contributed by atoms with Gasteiger partial charge >= 0.3 is 6.18 Å². The van der Waals surface area contributed by atoms with Crippen LogP contribution >= 0.6 is 0 Å². The third kappa shape index (κ3) is 4.42. The zero-order valence-electron chi connectivity index (χ0n) is 22.3. The Morgan fingerprint density at radius 3 is 2.48 bits per heavy atom. The molecule has 2 fully saturated rings. The lowest BCUT2D eigenvalue weighted by atomic mass is 9.77. The van der Waals surface area contributed by atoms with Crippen LogP contribution in [0.25, 0.3) is 11.0 Å². The van der Waals surface area contributed by atoms with Gasteiger partial charge in [0, 0.05) is 49.6 Å². The molecule has 4 atom stereocenters. The van der Waals surface area contributed by atoms with Crippen LogP contribution < -0.4 is 15.4 Å². The Kier molecular flexibility index (Phi) is 6.89. The van der Waals surface area contributed by atoms with Crippen molar-refractivity contribution in [1.82, 2.24) is 19.9 Å². The molecule has 2 saturated heterocycles. The number of pyridine rings is 1. The number of hydrogen-bond acceptors (Lipinski definition) is 7. The van der Waals surface area contributed by atoms with Gasteiger partial charge in [0.25, 0.3) is 5.91 Å². The number of aromatic amines is 1. The topological polar surface area (TPSA) is 110 Å². The molecule has 4 heterocycles. The summed E-state index contributed by atoms with van der Waals surface area (Å²) in [6, 6.07) is 3.66. The van der Waals surface area contributed by atoms with E-state index >= 15 is 0 Å². The fourth-order valence-electron chi connectivity index (χ4n) is 5.57. The molecule has 2 aromatic heterocycles. The van der Waals surface area contributed by atoms with Crippen LogP contribution in [0.1, 0.15) is 47.7 Å². The average molecular weight is 569 g/mol. The van der Waals surface area contributed by atoms with Gasteiger partial charge in [0.05, 0.1) is 12.6 Å². The summed E-state index contributed by atoms with van der Waals surface area (Å²) >= 11 is 0. The van der Waals surface area contributed by atoms with Gasteiger partial charge in [-0.25, -0.2) is 14.4 Å². The molecule has 216 valence electrons. The average Bonchev–Trinajstić information content (AvgIpc) is 3.44. The first-order chi connectivity index (χ1) is 18.8. The number of H-pyrrole nitrogens is 1. The van der Waals surface area contributed by atoms with Gasteiger partial charge < -0.3 is 30.0 Å². The normalized spacial score (nSPS) is 26.0. The molecule has 0 unspecified atom stereocenters. The fourth-order valence-corrected chi connectivity index (χ4v) is 5.57. The van der Waals surface area contributed by atoms with E-state index in [1.165, 1.54) is 13.0 Å². The van der Waals surface area contributed by atoms with Crippen molar-refractivity contribution in [1.29, 1.82) is 0 Å². The number of benzene rings is 1. The zero-order chi connectivity index (χ0) is 29.1. The van der Waals surface area contributed by atoms with Gasteiger partial charge in [0.2, 0.25) is 5.82 Å². The molecule has 0 aliphatic carbocycles. The molecule has 0 radical (unpaired) electrons. The second-order valence-corrected chi connectivity index (χ2v) is 10.4. The van der Waals surface area contributed by atoms with E-state index in [0.29, 0.717) is 24.4 Å². The van der Waals surface area contributed by atoms with Crippen LogP contribution in [0.2, 0.25) is 0 Å². The van der Waals surface area contributed by atoms with Crippen molar-refractivity contribution in [3.05, 3.63) is 46.9 Å². The summed E-state index contributed by atoms with van der Waals surface area (Å²) in [5.74, 6) is -5.95. The Balaban J connectivity index is 1.66. The second-order valence-electron chi connectivity index (χ2n) is 10.4. The zero-order valence-corrected chi connectivity index (χ0v) is 22.3. The van der Waals surface area contributed by atoms with Crippen molar-refractivity contribution >= 4 is 22.8 Å². The minimum Gasteiger partial charge on any atom is -0.493 e. The summed E-state index contributed by atoms with van der Waals surface area (Å²) in [7, 11) is 3.09. The van der Waals surface area contributed by atoms with E-state index in [9.17, 15) is 26.7 Å². The molecule has 2 aliphatic heterocycles. The number of alkyl halides is 3. The molecule has 5 rings (SSSR count). The first-order valence-corrected chi connectivity index (χ1v) is 12.7. The number of imidazole rings is 1. The maximum absolute atomic E-state index is 14.7. The molecule has 3 aromatic rings. The fraction of sp³-hybridized carbons (Fsp3) is 0.500. The van der Waals surface area contributed by atoms with E-state index in [4.69, 9.17) is 15.2 Å². The van der Waals surface area contributed by atoms with Gasteiger partial charge in [-0.15, -0.1) is 0 Å². The highest BCUT2D eigenvalue weighted by Gasteiger charge is 2.65. The quantitative estimate of drug-likeness (QED) is 0.450. The molecule has 1 amide bonds. The van der Waals surface area contributed by atoms with Gasteiger partial charge in [0.15, 0.2) is 22.9 Å². The number of carbonyl (C=O) groups is 1. The number of ether oxygens (including phenoxy) is 2. The molecule has 0 bridgehead atoms. The maximum atomic E-state index is 14.7. The van der Waals surface area contributed by atoms with Crippen LogP contribution in [0, 0.1) is 17.6 Å². The minimum atomic E-state index is -4.81. The Morgan fingerprint density at radius 2 is 1.88 bits per heavy atom. The predicted molar refractivity (Wildman–Crippen MR) is 135 cm³/mol. The van der Waals surface area contributed by atoms with Crippen LogP contribution in [0.15, 0.2) is 18.2 Å². The number of primary amides is 1. The van der Waals surface area contributed by atoms with Crippen LogP contribution in [0.3, 0.4) is 0 Å². The number of aromatic nitrogens is 3. The number of rotatable bonds is 5. The van der Waals surface area contributed by atoms with Crippen molar-refractivity contribution < 1.29 is 36.2 Å². The van der Waals surface area contributed by atoms with Crippen LogP contribution in [-0.4, -0.2) is 77.9 Å². The number of nitrogens with two attached hydrogens (primary N) is 1. The summed E-state index contributed by atoms with van der Waals surface area (Å²) in [6.07, 6.45) is -6.22. The van der Waals surface area contributed by atoms with Gasteiger partial charge in [0.1, 0.15) is 23.3 Å². The van der Waals surface area contributed by atoms with Crippen LogP contribution in [-0.2, 0) is 4.74 Å². The molecule has 9 nitrogen and oxygen atoms in total. The van der Waals surface area contributed by atoms with Gasteiger partial charge in [-0.2, -0.15) is 17.6 Å². The number of nitrogens with one attached hydrogen (secondary N) is 1. The summed E-state index contributed by atoms with van der Waals surface area (Å²) in [6.45, 7) is 5.03. The summed E-state index contributed by atoms with van der Waals surface area (Å²) in [4.78, 5) is 28.3. The number of amides is 1. The number of fused-ring (bicyclic) bond motifs is 1. The highest BCUT2D eigenvalue weighted by atomic mass is 19.4. The number of halogens is 5. The second kappa shape index (κ2) is 9.84. The van der Waals surface area contributed by atoms with E-state index in [2.05, 4.69) is 19.9 Å². The molecule has 2 aliphatic rings. The van der Waals surface area contributed by atoms with Crippen LogP contribution in [0.4, 0.5) is 27.8 Å². The number of anilines is 1. The summed E-state index contributed by atoms with van der Waals surface area (Å²) < 4.78 is 82.6. The number of likely N-dealkylation sites (N-methyl/N-ethyl adjacent to an activating group) is 1. The number of carbonyl (C=O) groups excluding carboxylic acids is 1. The number of methoxy groups -OCH3 is 1. The van der Waals surface area contributed by atoms with Gasteiger partial charge in [-0.05, 0) is 20.0 Å². The summed E-state index contributed by atoms with van der Waals surface area (Å²) in [5.41, 5.74) is 3.16. The van der Waals surface area contributed by atoms with Gasteiger partial charge in [-0.3, -0.25) is 4.79 Å². The Morgan fingerprint density at radius 1 is 1.20 bits per heavy atom. The largest absolute Gasteiger partial charge is 0.493 e. The van der Waals surface area contributed by atoms with E-state index in [-0.39, 0.29) is 22.6 Å². The number of hydrogen-bond donors (Lipinski definition) is 2. The van der Waals surface area contributed by atoms with Crippen molar-refractivity contribution in [3.8, 4) is 5.75 Å². The van der Waals surface area contributed by atoms with Crippen molar-refractivity contribution in [2.75, 3.05) is 45.2 Å². The number of nitrogens with zero attached hydrogens (tertiary/aromatic N) is 4. The monoisotopic (exact) mass is 568 g/mol. The molecule has 14 heteroatoms. The first kappa shape index (κ1) is 28.0. The van der Waals surface area contributed by atoms with E-state index in [0.717, 1.165) is 33.2 Å². The molecule has 1 aromatic carbocycles. The van der Waals surface area contributed by atoms with E-state index < -0.39 is 53.0 Å². The predicted octanol–water partition coefficient (Wildman–Crippen LogP) is 3.91. The van der Waals surface area contributed by atoms with Crippen molar-refractivity contribution in [3.63, 3.8) is 0 Å². The Labute approximate surface area is 226 Å². The molecular formula is C26H29F5N6O3. The van der Waals surface area contributed by atoms with Crippen molar-refractivity contribution in [2.24, 2.45) is 11.7 Å². The summed E-state index contributed by atoms with van der Waals surface area (Å²) in [5, 5.41) is 0. The van der Waals surface area contributed by atoms with E-state index in [1.807, 2.05) is 11.9 Å².